The molecule has 0 unspecified atom stereocenters. The van der Waals surface area contributed by atoms with Crippen molar-refractivity contribution in [3.8, 4) is 11.1 Å². The van der Waals surface area contributed by atoms with Crippen molar-refractivity contribution < 1.29 is 18.4 Å². The maximum Gasteiger partial charge on any atom is 0.222 e. The van der Waals surface area contributed by atoms with E-state index in [0.29, 0.717) is 47.5 Å². The third-order valence-electron chi connectivity index (χ3n) is 5.32. The summed E-state index contributed by atoms with van der Waals surface area (Å²) in [4.78, 5) is 33.7. The molecule has 3 aromatic rings. The van der Waals surface area contributed by atoms with Crippen molar-refractivity contribution in [1.82, 2.24) is 14.9 Å². The van der Waals surface area contributed by atoms with Crippen molar-refractivity contribution >= 4 is 11.7 Å². The SMILES string of the molecule is CCC(=O)N(C)Cc1ccc(-c2ccc(C(=O)CCc3ccc(F)nc3C)nc2)c(F)c1. The molecule has 3 rings (SSSR count). The lowest BCUT2D eigenvalue weighted by atomic mass is 10.0. The third kappa shape index (κ3) is 5.60. The Morgan fingerprint density at radius 2 is 1.84 bits per heavy atom. The summed E-state index contributed by atoms with van der Waals surface area (Å²) in [6, 6.07) is 11.0. The van der Waals surface area contributed by atoms with Gasteiger partial charge in [0.1, 0.15) is 11.5 Å². The molecule has 2 aromatic heterocycles. The number of carbonyl (C=O) groups excluding carboxylic acids is 2. The van der Waals surface area contributed by atoms with Gasteiger partial charge in [0.05, 0.1) is 0 Å². The average Bonchev–Trinajstić information content (AvgIpc) is 2.78. The Labute approximate surface area is 186 Å². The first-order valence-electron chi connectivity index (χ1n) is 10.4. The molecule has 0 aliphatic carbocycles. The van der Waals surface area contributed by atoms with Crippen molar-refractivity contribution in [1.29, 1.82) is 0 Å². The predicted octanol–water partition coefficient (Wildman–Crippen LogP) is 4.91. The monoisotopic (exact) mass is 437 g/mol. The van der Waals surface area contributed by atoms with Crippen LogP contribution in [0.25, 0.3) is 11.1 Å². The summed E-state index contributed by atoms with van der Waals surface area (Å²) >= 11 is 0. The third-order valence-corrected chi connectivity index (χ3v) is 5.32. The second-order valence-corrected chi connectivity index (χ2v) is 7.65. The van der Waals surface area contributed by atoms with Crippen molar-refractivity contribution in [3.05, 3.63) is 82.9 Å². The van der Waals surface area contributed by atoms with Gasteiger partial charge in [-0.25, -0.2) is 9.37 Å². The maximum absolute atomic E-state index is 14.7. The molecule has 0 aliphatic heterocycles. The van der Waals surface area contributed by atoms with Crippen LogP contribution < -0.4 is 0 Å². The van der Waals surface area contributed by atoms with E-state index in [1.54, 1.807) is 56.1 Å². The van der Waals surface area contributed by atoms with E-state index in [1.165, 1.54) is 18.3 Å². The van der Waals surface area contributed by atoms with E-state index in [0.717, 1.165) is 5.56 Å². The van der Waals surface area contributed by atoms with Crippen molar-refractivity contribution in [2.45, 2.75) is 39.7 Å². The number of amides is 1. The second-order valence-electron chi connectivity index (χ2n) is 7.65. The minimum atomic E-state index is -0.545. The van der Waals surface area contributed by atoms with Crippen LogP contribution >= 0.6 is 0 Å². The number of carbonyl (C=O) groups is 2. The molecule has 0 bridgehead atoms. The molecule has 0 saturated carbocycles. The van der Waals surface area contributed by atoms with Crippen molar-refractivity contribution in [3.63, 3.8) is 0 Å². The largest absolute Gasteiger partial charge is 0.341 e. The predicted molar refractivity (Wildman–Crippen MR) is 118 cm³/mol. The van der Waals surface area contributed by atoms with Crippen LogP contribution in [0.3, 0.4) is 0 Å². The fourth-order valence-corrected chi connectivity index (χ4v) is 3.44. The number of hydrogen-bond acceptors (Lipinski definition) is 4. The molecule has 0 aliphatic rings. The summed E-state index contributed by atoms with van der Waals surface area (Å²) in [6.45, 7) is 3.82. The summed E-state index contributed by atoms with van der Waals surface area (Å²) in [5.74, 6) is -1.12. The Bertz CT molecular complexity index is 1130. The summed E-state index contributed by atoms with van der Waals surface area (Å²) < 4.78 is 27.8. The fourth-order valence-electron chi connectivity index (χ4n) is 3.44. The molecule has 0 radical (unpaired) electrons. The number of pyridine rings is 2. The minimum Gasteiger partial charge on any atom is -0.341 e. The number of ketones is 1. The first-order valence-corrected chi connectivity index (χ1v) is 10.4. The Kier molecular flexibility index (Phi) is 7.41. The molecule has 0 N–H and O–H groups in total. The zero-order chi connectivity index (χ0) is 23.3. The zero-order valence-electron chi connectivity index (χ0n) is 18.4. The van der Waals surface area contributed by atoms with Gasteiger partial charge in [0.2, 0.25) is 11.9 Å². The van der Waals surface area contributed by atoms with Crippen LogP contribution in [0.2, 0.25) is 0 Å². The highest BCUT2D eigenvalue weighted by molar-refractivity contribution is 5.94. The van der Waals surface area contributed by atoms with Crippen LogP contribution in [0.4, 0.5) is 8.78 Å². The molecule has 0 spiro atoms. The normalized spacial score (nSPS) is 10.8. The molecule has 1 aromatic carbocycles. The Balaban J connectivity index is 1.67. The number of nitrogens with zero attached hydrogens (tertiary/aromatic N) is 3. The summed E-state index contributed by atoms with van der Waals surface area (Å²) in [7, 11) is 1.69. The van der Waals surface area contributed by atoms with Gasteiger partial charge >= 0.3 is 0 Å². The summed E-state index contributed by atoms with van der Waals surface area (Å²) in [6.07, 6.45) is 2.52. The summed E-state index contributed by atoms with van der Waals surface area (Å²) in [5.41, 5.74) is 3.29. The molecule has 166 valence electrons. The first kappa shape index (κ1) is 23.2. The molecule has 2 heterocycles. The van der Waals surface area contributed by atoms with Gasteiger partial charge in [-0.2, -0.15) is 4.39 Å². The van der Waals surface area contributed by atoms with Gasteiger partial charge in [-0.1, -0.05) is 31.2 Å². The average molecular weight is 437 g/mol. The molecule has 32 heavy (non-hydrogen) atoms. The van der Waals surface area contributed by atoms with E-state index >= 15 is 0 Å². The Morgan fingerprint density at radius 1 is 1.06 bits per heavy atom. The highest BCUT2D eigenvalue weighted by Crippen LogP contribution is 2.24. The van der Waals surface area contributed by atoms with Gasteiger partial charge in [-0.05, 0) is 42.7 Å². The quantitative estimate of drug-likeness (QED) is 0.371. The maximum atomic E-state index is 14.7. The molecule has 7 heteroatoms. The van der Waals surface area contributed by atoms with E-state index in [9.17, 15) is 18.4 Å². The van der Waals surface area contributed by atoms with Crippen LogP contribution in [-0.4, -0.2) is 33.6 Å². The van der Waals surface area contributed by atoms with E-state index < -0.39 is 11.8 Å². The van der Waals surface area contributed by atoms with Gasteiger partial charge in [0, 0.05) is 49.5 Å². The Hall–Kier alpha value is -3.48. The number of rotatable bonds is 8. The molecular formula is C25H25F2N3O2. The van der Waals surface area contributed by atoms with E-state index in [-0.39, 0.29) is 18.1 Å². The van der Waals surface area contributed by atoms with Crippen LogP contribution in [0.5, 0.6) is 0 Å². The molecular weight excluding hydrogens is 412 g/mol. The van der Waals surface area contributed by atoms with Crippen molar-refractivity contribution in [2.75, 3.05) is 7.05 Å². The van der Waals surface area contributed by atoms with Gasteiger partial charge in [-0.15, -0.1) is 0 Å². The van der Waals surface area contributed by atoms with Crippen molar-refractivity contribution in [2.24, 2.45) is 0 Å². The number of aryl methyl sites for hydroxylation is 2. The molecule has 5 nitrogen and oxygen atoms in total. The Morgan fingerprint density at radius 3 is 2.47 bits per heavy atom. The lowest BCUT2D eigenvalue weighted by molar-refractivity contribution is -0.130. The number of hydrogen-bond donors (Lipinski definition) is 0. The van der Waals surface area contributed by atoms with Crippen LogP contribution in [-0.2, 0) is 17.8 Å². The van der Waals surface area contributed by atoms with Gasteiger partial charge < -0.3 is 4.90 Å². The highest BCUT2D eigenvalue weighted by atomic mass is 19.1. The number of halogens is 2. The first-order chi connectivity index (χ1) is 15.3. The standard InChI is InChI=1S/C25H25F2N3O2/c1-4-25(32)30(3)15-17-5-9-20(21(26)13-17)19-6-10-22(28-14-19)23(31)11-7-18-8-12-24(27)29-16(18)2/h5-6,8-10,12-14H,4,7,11,15H2,1-3H3. The smallest absolute Gasteiger partial charge is 0.222 e. The lowest BCUT2D eigenvalue weighted by Crippen LogP contribution is -2.25. The lowest BCUT2D eigenvalue weighted by Gasteiger charge is -2.16. The van der Waals surface area contributed by atoms with Crippen LogP contribution in [0, 0.1) is 18.7 Å². The highest BCUT2D eigenvalue weighted by Gasteiger charge is 2.13. The van der Waals surface area contributed by atoms with E-state index in [2.05, 4.69) is 9.97 Å². The van der Waals surface area contributed by atoms with Gasteiger partial charge in [-0.3, -0.25) is 14.6 Å². The fraction of sp³-hybridized carbons (Fsp3) is 0.280. The summed E-state index contributed by atoms with van der Waals surface area (Å²) in [5, 5.41) is 0. The second kappa shape index (κ2) is 10.2. The van der Waals surface area contributed by atoms with Gasteiger partial charge in [0.15, 0.2) is 5.78 Å². The molecule has 0 fully saturated rings. The molecule has 1 amide bonds. The number of benzene rings is 1. The minimum absolute atomic E-state index is 0.00945. The number of aromatic nitrogens is 2. The van der Waals surface area contributed by atoms with E-state index in [1.807, 2.05) is 0 Å². The molecule has 0 atom stereocenters. The van der Waals surface area contributed by atoms with Crippen LogP contribution in [0.1, 0.15) is 47.1 Å². The topological polar surface area (TPSA) is 63.2 Å². The number of Topliss-reactive ketones (excluding diaryl/α,β-unsaturated/α-hetero) is 1. The molecule has 0 saturated heterocycles. The van der Waals surface area contributed by atoms with Gasteiger partial charge in [0.25, 0.3) is 0 Å². The van der Waals surface area contributed by atoms with Crippen LogP contribution in [0.15, 0.2) is 48.7 Å². The zero-order valence-corrected chi connectivity index (χ0v) is 18.4. The van der Waals surface area contributed by atoms with E-state index in [4.69, 9.17) is 0 Å².